The van der Waals surface area contributed by atoms with Gasteiger partial charge in [-0.05, 0) is 50.5 Å². The normalized spacial score (nSPS) is 14.8. The number of aromatic nitrogens is 2. The summed E-state index contributed by atoms with van der Waals surface area (Å²) < 4.78 is 12.7. The van der Waals surface area contributed by atoms with E-state index in [4.69, 9.17) is 9.47 Å². The van der Waals surface area contributed by atoms with Gasteiger partial charge >= 0.3 is 0 Å². The minimum Gasteiger partial charge on any atom is -0.497 e. The molecule has 1 atom stereocenters. The molecule has 36 heavy (non-hydrogen) atoms. The fourth-order valence-electron chi connectivity index (χ4n) is 4.86. The molecule has 1 aliphatic heterocycles. The number of rotatable bonds is 8. The Kier molecular flexibility index (Phi) is 6.03. The van der Waals surface area contributed by atoms with Gasteiger partial charge in [0.1, 0.15) is 11.5 Å². The predicted molar refractivity (Wildman–Crippen MR) is 138 cm³/mol. The fourth-order valence-corrected chi connectivity index (χ4v) is 4.86. The Morgan fingerprint density at radius 2 is 1.58 bits per heavy atom. The van der Waals surface area contributed by atoms with Crippen LogP contribution in [0, 0.1) is 0 Å². The number of methoxy groups -OCH3 is 2. The summed E-state index contributed by atoms with van der Waals surface area (Å²) >= 11 is 0. The third kappa shape index (κ3) is 4.02. The number of hydrogen-bond acceptors (Lipinski definition) is 6. The van der Waals surface area contributed by atoms with Crippen LogP contribution in [0.4, 0.5) is 0 Å². The molecule has 0 bridgehead atoms. The van der Waals surface area contributed by atoms with E-state index in [1.54, 1.807) is 20.4 Å². The van der Waals surface area contributed by atoms with E-state index in [-0.39, 0.29) is 11.1 Å². The molecular formula is C27H28N4O5. The standard InChI is InChI=1S/C27H28N4O5/c1-30(2)12-15(32)13-31-14-21(19-10-17(36-4)6-8-23(19)31)25-24(26(33)29-27(25)34)20-11-28-22-7-5-16(35-3)9-18(20)22/h5-11,14-15,28,32H,12-13H2,1-4H3,(H,29,33,34). The molecule has 2 aromatic carbocycles. The monoisotopic (exact) mass is 488 g/mol. The lowest BCUT2D eigenvalue weighted by Crippen LogP contribution is -2.29. The maximum Gasteiger partial charge on any atom is 0.259 e. The average molecular weight is 489 g/mol. The van der Waals surface area contributed by atoms with Gasteiger partial charge in [-0.2, -0.15) is 0 Å². The van der Waals surface area contributed by atoms with E-state index in [2.05, 4.69) is 10.3 Å². The molecule has 0 saturated carbocycles. The number of fused-ring (bicyclic) bond motifs is 2. The zero-order valence-corrected chi connectivity index (χ0v) is 20.6. The van der Waals surface area contributed by atoms with E-state index in [9.17, 15) is 14.7 Å². The molecule has 186 valence electrons. The summed E-state index contributed by atoms with van der Waals surface area (Å²) in [5, 5.41) is 14.6. The van der Waals surface area contributed by atoms with Crippen LogP contribution in [-0.4, -0.2) is 72.3 Å². The van der Waals surface area contributed by atoms with E-state index < -0.39 is 17.9 Å². The lowest BCUT2D eigenvalue weighted by molar-refractivity contribution is -0.122. The Morgan fingerprint density at radius 3 is 2.25 bits per heavy atom. The van der Waals surface area contributed by atoms with Gasteiger partial charge in [-0.15, -0.1) is 0 Å². The molecule has 1 unspecified atom stereocenters. The quantitative estimate of drug-likeness (QED) is 0.329. The number of amides is 2. The molecule has 2 amide bonds. The second-order valence-corrected chi connectivity index (χ2v) is 9.14. The Bertz CT molecular complexity index is 1530. The number of nitrogens with zero attached hydrogens (tertiary/aromatic N) is 2. The molecule has 0 spiro atoms. The van der Waals surface area contributed by atoms with Crippen LogP contribution in [0.5, 0.6) is 11.5 Å². The minimum absolute atomic E-state index is 0.280. The third-order valence-corrected chi connectivity index (χ3v) is 6.43. The van der Waals surface area contributed by atoms with Crippen LogP contribution in [0.15, 0.2) is 48.8 Å². The largest absolute Gasteiger partial charge is 0.497 e. The number of hydrogen-bond donors (Lipinski definition) is 3. The molecule has 0 saturated heterocycles. The number of benzene rings is 2. The zero-order valence-electron chi connectivity index (χ0n) is 20.6. The van der Waals surface area contributed by atoms with E-state index in [0.29, 0.717) is 35.7 Å². The van der Waals surface area contributed by atoms with Gasteiger partial charge in [0.2, 0.25) is 0 Å². The lowest BCUT2D eigenvalue weighted by atomic mass is 9.95. The van der Waals surface area contributed by atoms with Crippen molar-refractivity contribution in [2.75, 3.05) is 34.9 Å². The van der Waals surface area contributed by atoms with Gasteiger partial charge in [0.25, 0.3) is 11.8 Å². The number of aliphatic hydroxyl groups is 1. The molecule has 3 heterocycles. The van der Waals surface area contributed by atoms with Gasteiger partial charge in [-0.1, -0.05) is 0 Å². The van der Waals surface area contributed by atoms with Gasteiger partial charge in [-0.25, -0.2) is 0 Å². The van der Waals surface area contributed by atoms with Crippen molar-refractivity contribution >= 4 is 44.8 Å². The highest BCUT2D eigenvalue weighted by atomic mass is 16.5. The number of carbonyl (C=O) groups excluding carboxylic acids is 2. The third-order valence-electron chi connectivity index (χ3n) is 6.43. The number of aliphatic hydroxyl groups excluding tert-OH is 1. The lowest BCUT2D eigenvalue weighted by Gasteiger charge is -2.17. The molecule has 5 rings (SSSR count). The average Bonchev–Trinajstić information content (AvgIpc) is 3.50. The van der Waals surface area contributed by atoms with Crippen LogP contribution < -0.4 is 14.8 Å². The first kappa shape index (κ1) is 23.7. The van der Waals surface area contributed by atoms with Crippen molar-refractivity contribution in [2.45, 2.75) is 12.6 Å². The summed E-state index contributed by atoms with van der Waals surface area (Å²) in [6, 6.07) is 11.1. The summed E-state index contributed by atoms with van der Waals surface area (Å²) in [5.74, 6) is 0.337. The highest BCUT2D eigenvalue weighted by Crippen LogP contribution is 2.39. The van der Waals surface area contributed by atoms with E-state index in [1.165, 1.54) is 0 Å². The number of carbonyl (C=O) groups is 2. The van der Waals surface area contributed by atoms with Crippen LogP contribution in [0.25, 0.3) is 33.0 Å². The van der Waals surface area contributed by atoms with Crippen LogP contribution in [-0.2, 0) is 16.1 Å². The smallest absolute Gasteiger partial charge is 0.259 e. The zero-order chi connectivity index (χ0) is 25.6. The van der Waals surface area contributed by atoms with Crippen LogP contribution >= 0.6 is 0 Å². The highest BCUT2D eigenvalue weighted by molar-refractivity contribution is 6.50. The van der Waals surface area contributed by atoms with Crippen molar-refractivity contribution in [3.05, 3.63) is 59.9 Å². The molecule has 4 aromatic rings. The molecule has 9 nitrogen and oxygen atoms in total. The molecule has 0 fully saturated rings. The number of aromatic amines is 1. The van der Waals surface area contributed by atoms with E-state index >= 15 is 0 Å². The molecular weight excluding hydrogens is 460 g/mol. The van der Waals surface area contributed by atoms with Crippen molar-refractivity contribution in [3.8, 4) is 11.5 Å². The van der Waals surface area contributed by atoms with Gasteiger partial charge in [0.05, 0.1) is 31.5 Å². The highest BCUT2D eigenvalue weighted by Gasteiger charge is 2.35. The van der Waals surface area contributed by atoms with Crippen LogP contribution in [0.2, 0.25) is 0 Å². The first-order valence-electron chi connectivity index (χ1n) is 11.6. The molecule has 3 N–H and O–H groups in total. The second kappa shape index (κ2) is 9.18. The Balaban J connectivity index is 1.74. The fraction of sp³-hybridized carbons (Fsp3) is 0.259. The maximum absolute atomic E-state index is 13.2. The first-order chi connectivity index (χ1) is 17.3. The SMILES string of the molecule is COc1ccc2[nH]cc(C3=C(c4cn(CC(O)CN(C)C)c5ccc(OC)cc45)C(=O)NC3=O)c2c1. The Morgan fingerprint density at radius 1 is 0.944 bits per heavy atom. The number of imide groups is 1. The van der Waals surface area contributed by atoms with Gasteiger partial charge in [0.15, 0.2) is 0 Å². The van der Waals surface area contributed by atoms with E-state index in [1.807, 2.05) is 66.2 Å². The minimum atomic E-state index is -0.626. The van der Waals surface area contributed by atoms with Gasteiger partial charge < -0.3 is 29.0 Å². The number of nitrogens with one attached hydrogen (secondary N) is 2. The van der Waals surface area contributed by atoms with Crippen molar-refractivity contribution in [1.82, 2.24) is 19.8 Å². The molecule has 0 radical (unpaired) electrons. The maximum atomic E-state index is 13.2. The number of ether oxygens (including phenoxy) is 2. The van der Waals surface area contributed by atoms with E-state index in [0.717, 1.165) is 21.8 Å². The summed E-state index contributed by atoms with van der Waals surface area (Å²) in [5.41, 5.74) is 3.41. The number of likely N-dealkylation sites (N-methyl/N-ethyl adjacent to an activating group) is 1. The predicted octanol–water partition coefficient (Wildman–Crippen LogP) is 2.63. The van der Waals surface area contributed by atoms with Crippen molar-refractivity contribution in [3.63, 3.8) is 0 Å². The van der Waals surface area contributed by atoms with Gasteiger partial charge in [0, 0.05) is 58.4 Å². The van der Waals surface area contributed by atoms with Gasteiger partial charge in [-0.3, -0.25) is 14.9 Å². The molecule has 1 aliphatic rings. The summed E-state index contributed by atoms with van der Waals surface area (Å²) in [6.45, 7) is 0.804. The van der Waals surface area contributed by atoms with Crippen LogP contribution in [0.3, 0.4) is 0 Å². The number of H-pyrrole nitrogens is 1. The molecule has 0 aliphatic carbocycles. The summed E-state index contributed by atoms with van der Waals surface area (Å²) in [4.78, 5) is 31.4. The van der Waals surface area contributed by atoms with Crippen LogP contribution in [0.1, 0.15) is 11.1 Å². The van der Waals surface area contributed by atoms with Crippen molar-refractivity contribution in [2.24, 2.45) is 0 Å². The first-order valence-corrected chi connectivity index (χ1v) is 11.6. The Hall–Kier alpha value is -4.08. The second-order valence-electron chi connectivity index (χ2n) is 9.14. The van der Waals surface area contributed by atoms with Crippen molar-refractivity contribution in [1.29, 1.82) is 0 Å². The summed E-state index contributed by atoms with van der Waals surface area (Å²) in [7, 11) is 6.95. The topological polar surface area (TPSA) is 109 Å². The Labute approximate surface area is 207 Å². The molecule has 9 heteroatoms. The molecule has 2 aromatic heterocycles. The summed E-state index contributed by atoms with van der Waals surface area (Å²) in [6.07, 6.45) is 2.93. The van der Waals surface area contributed by atoms with Crippen molar-refractivity contribution < 1.29 is 24.2 Å².